The number of thiophene rings is 1. The lowest BCUT2D eigenvalue weighted by molar-refractivity contribution is -0.113. The quantitative estimate of drug-likeness (QED) is 0.498. The van der Waals surface area contributed by atoms with Crippen LogP contribution in [-0.2, 0) is 17.8 Å². The van der Waals surface area contributed by atoms with Crippen LogP contribution in [0.15, 0.2) is 40.9 Å². The molecule has 0 bridgehead atoms. The predicted octanol–water partition coefficient (Wildman–Crippen LogP) is 5.44. The van der Waals surface area contributed by atoms with Crippen molar-refractivity contribution in [3.63, 3.8) is 0 Å². The molecule has 0 aliphatic rings. The number of carbonyl (C=O) groups is 1. The molecule has 7 heteroatoms. The molecular formula is C21H26N4OS2. The van der Waals surface area contributed by atoms with Crippen LogP contribution in [0, 0.1) is 0 Å². The summed E-state index contributed by atoms with van der Waals surface area (Å²) in [6, 6.07) is 10.1. The highest BCUT2D eigenvalue weighted by atomic mass is 32.2. The molecule has 5 nitrogen and oxygen atoms in total. The second kappa shape index (κ2) is 9.39. The molecule has 0 spiro atoms. The molecule has 28 heavy (non-hydrogen) atoms. The van der Waals surface area contributed by atoms with E-state index in [1.165, 1.54) is 16.6 Å². The maximum Gasteiger partial charge on any atom is 0.234 e. The Hall–Kier alpha value is -2.12. The van der Waals surface area contributed by atoms with Gasteiger partial charge in [-0.3, -0.25) is 4.79 Å². The molecule has 0 radical (unpaired) electrons. The zero-order chi connectivity index (χ0) is 20.1. The predicted molar refractivity (Wildman–Crippen MR) is 118 cm³/mol. The van der Waals surface area contributed by atoms with Gasteiger partial charge in [0.25, 0.3) is 0 Å². The zero-order valence-electron chi connectivity index (χ0n) is 16.7. The number of aromatic nitrogens is 3. The number of carbonyl (C=O) groups excluding carboxylic acids is 1. The van der Waals surface area contributed by atoms with E-state index in [0.717, 1.165) is 40.8 Å². The number of benzene rings is 1. The number of anilines is 1. The number of hydrogen-bond acceptors (Lipinski definition) is 5. The molecule has 0 fully saturated rings. The van der Waals surface area contributed by atoms with Crippen LogP contribution in [0.5, 0.6) is 0 Å². The highest BCUT2D eigenvalue weighted by Crippen LogP contribution is 2.31. The lowest BCUT2D eigenvalue weighted by Crippen LogP contribution is -2.15. The molecule has 3 aromatic rings. The summed E-state index contributed by atoms with van der Waals surface area (Å²) in [5.74, 6) is 1.64. The fraction of sp³-hybridized carbons (Fsp3) is 0.381. The smallest absolute Gasteiger partial charge is 0.234 e. The Morgan fingerprint density at radius 1 is 1.25 bits per heavy atom. The fourth-order valence-electron chi connectivity index (χ4n) is 2.93. The van der Waals surface area contributed by atoms with Crippen molar-refractivity contribution < 1.29 is 4.79 Å². The van der Waals surface area contributed by atoms with E-state index in [4.69, 9.17) is 0 Å². The molecule has 2 heterocycles. The van der Waals surface area contributed by atoms with Crippen molar-refractivity contribution in [3.05, 3.63) is 46.2 Å². The van der Waals surface area contributed by atoms with E-state index >= 15 is 0 Å². The number of amides is 1. The molecule has 0 aliphatic carbocycles. The van der Waals surface area contributed by atoms with Gasteiger partial charge in [-0.15, -0.1) is 21.5 Å². The Bertz CT molecular complexity index is 946. The van der Waals surface area contributed by atoms with Gasteiger partial charge in [0.1, 0.15) is 0 Å². The SMILES string of the molecule is CCc1ccccc1NC(=O)CSc1nnc(-c2csc(C(C)C)c2)n1CC. The first-order valence-electron chi connectivity index (χ1n) is 9.56. The molecule has 0 unspecified atom stereocenters. The van der Waals surface area contributed by atoms with Crippen LogP contribution in [0.4, 0.5) is 5.69 Å². The zero-order valence-corrected chi connectivity index (χ0v) is 18.4. The van der Waals surface area contributed by atoms with E-state index in [9.17, 15) is 4.79 Å². The van der Waals surface area contributed by atoms with Gasteiger partial charge in [0.05, 0.1) is 5.75 Å². The van der Waals surface area contributed by atoms with Crippen molar-refractivity contribution >= 4 is 34.7 Å². The van der Waals surface area contributed by atoms with Gasteiger partial charge in [-0.25, -0.2) is 0 Å². The highest BCUT2D eigenvalue weighted by Gasteiger charge is 2.16. The van der Waals surface area contributed by atoms with Gasteiger partial charge in [0.2, 0.25) is 5.91 Å². The first-order valence-corrected chi connectivity index (χ1v) is 11.4. The molecule has 1 N–H and O–H groups in total. The minimum Gasteiger partial charge on any atom is -0.325 e. The maximum absolute atomic E-state index is 12.4. The molecule has 1 amide bonds. The molecule has 0 saturated heterocycles. The van der Waals surface area contributed by atoms with E-state index in [1.807, 2.05) is 24.3 Å². The first-order chi connectivity index (χ1) is 13.5. The Labute approximate surface area is 174 Å². The standard InChI is InChI=1S/C21H26N4OS2/c1-5-15-9-7-8-10-17(15)22-19(26)13-28-21-24-23-20(25(21)6-2)16-11-18(14(3)4)27-12-16/h7-12,14H,5-6,13H2,1-4H3,(H,22,26). The second-order valence-corrected chi connectivity index (χ2v) is 8.68. The third-order valence-electron chi connectivity index (χ3n) is 4.48. The number of hydrogen-bond donors (Lipinski definition) is 1. The second-order valence-electron chi connectivity index (χ2n) is 6.79. The van der Waals surface area contributed by atoms with Gasteiger partial charge in [-0.05, 0) is 37.0 Å². The maximum atomic E-state index is 12.4. The molecule has 148 valence electrons. The monoisotopic (exact) mass is 414 g/mol. The summed E-state index contributed by atoms with van der Waals surface area (Å²) in [6.45, 7) is 9.30. The van der Waals surface area contributed by atoms with Gasteiger partial charge in [0.15, 0.2) is 11.0 Å². The Morgan fingerprint density at radius 3 is 2.71 bits per heavy atom. The summed E-state index contributed by atoms with van der Waals surface area (Å²) in [5.41, 5.74) is 3.11. The minimum absolute atomic E-state index is 0.0317. The normalized spacial score (nSPS) is 11.2. The number of thioether (sulfide) groups is 1. The third-order valence-corrected chi connectivity index (χ3v) is 6.68. The summed E-state index contributed by atoms with van der Waals surface area (Å²) >= 11 is 3.17. The molecular weight excluding hydrogens is 388 g/mol. The van der Waals surface area contributed by atoms with Crippen LogP contribution in [0.25, 0.3) is 11.4 Å². The largest absolute Gasteiger partial charge is 0.325 e. The topological polar surface area (TPSA) is 59.8 Å². The highest BCUT2D eigenvalue weighted by molar-refractivity contribution is 7.99. The number of nitrogens with zero attached hydrogens (tertiary/aromatic N) is 3. The number of rotatable bonds is 8. The van der Waals surface area contributed by atoms with E-state index in [0.29, 0.717) is 11.7 Å². The van der Waals surface area contributed by atoms with Gasteiger partial charge in [-0.2, -0.15) is 0 Å². The number of aryl methyl sites for hydroxylation is 1. The summed E-state index contributed by atoms with van der Waals surface area (Å²) in [5, 5.41) is 14.6. The minimum atomic E-state index is -0.0317. The Kier molecular flexibility index (Phi) is 6.91. The lowest BCUT2D eigenvalue weighted by Gasteiger charge is -2.10. The van der Waals surface area contributed by atoms with E-state index < -0.39 is 0 Å². The fourth-order valence-corrected chi connectivity index (χ4v) is 4.64. The third kappa shape index (κ3) is 4.64. The van der Waals surface area contributed by atoms with Crippen molar-refractivity contribution in [3.8, 4) is 11.4 Å². The van der Waals surface area contributed by atoms with Crippen molar-refractivity contribution in [2.45, 2.75) is 51.7 Å². The molecule has 3 rings (SSSR count). The van der Waals surface area contributed by atoms with E-state index in [2.05, 4.69) is 59.2 Å². The van der Waals surface area contributed by atoms with E-state index in [-0.39, 0.29) is 5.91 Å². The van der Waals surface area contributed by atoms with Crippen molar-refractivity contribution in [2.75, 3.05) is 11.1 Å². The molecule has 2 aromatic heterocycles. The van der Waals surface area contributed by atoms with Gasteiger partial charge in [-0.1, -0.05) is 50.7 Å². The van der Waals surface area contributed by atoms with Crippen LogP contribution < -0.4 is 5.32 Å². The first kappa shape index (κ1) is 20.6. The van der Waals surface area contributed by atoms with Gasteiger partial charge in [0, 0.05) is 28.1 Å². The molecule has 0 saturated carbocycles. The summed E-state index contributed by atoms with van der Waals surface area (Å²) in [4.78, 5) is 13.8. The van der Waals surface area contributed by atoms with Crippen LogP contribution in [0.2, 0.25) is 0 Å². The number of nitrogens with one attached hydrogen (secondary N) is 1. The average molecular weight is 415 g/mol. The Balaban J connectivity index is 1.69. The van der Waals surface area contributed by atoms with Crippen LogP contribution in [0.3, 0.4) is 0 Å². The van der Waals surface area contributed by atoms with E-state index in [1.54, 1.807) is 11.3 Å². The summed E-state index contributed by atoms with van der Waals surface area (Å²) in [6.07, 6.45) is 0.885. The summed E-state index contributed by atoms with van der Waals surface area (Å²) < 4.78 is 2.07. The molecule has 1 aromatic carbocycles. The molecule has 0 atom stereocenters. The van der Waals surface area contributed by atoms with Crippen molar-refractivity contribution in [1.29, 1.82) is 0 Å². The number of para-hydroxylation sites is 1. The van der Waals surface area contributed by atoms with Crippen molar-refractivity contribution in [1.82, 2.24) is 14.8 Å². The van der Waals surface area contributed by atoms with Gasteiger partial charge >= 0.3 is 0 Å². The summed E-state index contributed by atoms with van der Waals surface area (Å²) in [7, 11) is 0. The average Bonchev–Trinajstić information content (AvgIpc) is 3.33. The molecule has 0 aliphatic heterocycles. The van der Waals surface area contributed by atoms with Crippen LogP contribution in [-0.4, -0.2) is 26.4 Å². The van der Waals surface area contributed by atoms with Crippen LogP contribution in [0.1, 0.15) is 44.1 Å². The van der Waals surface area contributed by atoms with Crippen molar-refractivity contribution in [2.24, 2.45) is 0 Å². The van der Waals surface area contributed by atoms with Crippen LogP contribution >= 0.6 is 23.1 Å². The Morgan fingerprint density at radius 2 is 2.04 bits per heavy atom. The van der Waals surface area contributed by atoms with Gasteiger partial charge < -0.3 is 9.88 Å². The lowest BCUT2D eigenvalue weighted by atomic mass is 10.1.